The van der Waals surface area contributed by atoms with Gasteiger partial charge in [0, 0.05) is 17.1 Å². The van der Waals surface area contributed by atoms with Gasteiger partial charge in [-0.1, -0.05) is 39.7 Å². The summed E-state index contributed by atoms with van der Waals surface area (Å²) in [6, 6.07) is 18.7. The third kappa shape index (κ3) is 4.04. The van der Waals surface area contributed by atoms with Crippen molar-refractivity contribution >= 4 is 39.1 Å². The second-order valence-corrected chi connectivity index (χ2v) is 7.81. The van der Waals surface area contributed by atoms with Gasteiger partial charge in [-0.2, -0.15) is 5.10 Å². The van der Waals surface area contributed by atoms with Crippen LogP contribution >= 0.6 is 27.5 Å². The number of pyridine rings is 1. The van der Waals surface area contributed by atoms with E-state index in [2.05, 4.69) is 26.0 Å². The molecule has 0 bridgehead atoms. The molecule has 2 heterocycles. The molecule has 0 fully saturated rings. The topological polar surface area (TPSA) is 54.8 Å². The van der Waals surface area contributed by atoms with E-state index in [-0.39, 0.29) is 17.1 Å². The molecule has 1 amide bonds. The van der Waals surface area contributed by atoms with Crippen LogP contribution in [0.1, 0.15) is 33.9 Å². The summed E-state index contributed by atoms with van der Waals surface area (Å²) in [7, 11) is 1.63. The minimum atomic E-state index is -0.278. The van der Waals surface area contributed by atoms with E-state index in [1.165, 1.54) is 5.01 Å². The van der Waals surface area contributed by atoms with E-state index in [0.717, 1.165) is 27.1 Å². The molecule has 1 aliphatic heterocycles. The third-order valence-electron chi connectivity index (χ3n) is 4.79. The first-order chi connectivity index (χ1) is 14.1. The Hall–Kier alpha value is -2.70. The molecule has 3 aromatic rings. The van der Waals surface area contributed by atoms with E-state index in [4.69, 9.17) is 16.3 Å². The van der Waals surface area contributed by atoms with Crippen molar-refractivity contribution in [3.63, 3.8) is 0 Å². The van der Waals surface area contributed by atoms with Gasteiger partial charge in [0.1, 0.15) is 10.9 Å². The zero-order valence-electron chi connectivity index (χ0n) is 15.5. The first kappa shape index (κ1) is 19.6. The van der Waals surface area contributed by atoms with Crippen LogP contribution in [0.2, 0.25) is 5.15 Å². The summed E-state index contributed by atoms with van der Waals surface area (Å²) >= 11 is 9.63. The number of nitrogens with zero attached hydrogens (tertiary/aromatic N) is 3. The Balaban J connectivity index is 1.73. The Kier molecular flexibility index (Phi) is 5.65. The van der Waals surface area contributed by atoms with Crippen molar-refractivity contribution in [1.82, 2.24) is 9.99 Å². The minimum Gasteiger partial charge on any atom is -0.497 e. The Morgan fingerprint density at radius 1 is 1.14 bits per heavy atom. The van der Waals surface area contributed by atoms with Crippen molar-refractivity contribution in [2.75, 3.05) is 7.11 Å². The van der Waals surface area contributed by atoms with E-state index < -0.39 is 0 Å². The highest BCUT2D eigenvalue weighted by Crippen LogP contribution is 2.35. The van der Waals surface area contributed by atoms with E-state index in [0.29, 0.717) is 12.0 Å². The van der Waals surface area contributed by atoms with Crippen LogP contribution in [-0.2, 0) is 0 Å². The lowest BCUT2D eigenvalue weighted by Gasteiger charge is -2.22. The second kappa shape index (κ2) is 8.35. The number of carbonyl (C=O) groups is 1. The summed E-state index contributed by atoms with van der Waals surface area (Å²) in [5, 5.41) is 6.35. The van der Waals surface area contributed by atoms with Crippen LogP contribution in [0.25, 0.3) is 0 Å². The molecule has 1 unspecified atom stereocenters. The number of hydrogen-bond donors (Lipinski definition) is 0. The molecule has 2 aromatic carbocycles. The standard InChI is InChI=1S/C22H17BrClN3O2/c1-29-17-10-6-14(7-11-17)19-13-20(15-4-8-16(23)9-5-15)27(26-19)22(28)18-3-2-12-25-21(18)24/h2-12,20H,13H2,1H3. The summed E-state index contributed by atoms with van der Waals surface area (Å²) in [6.45, 7) is 0. The second-order valence-electron chi connectivity index (χ2n) is 6.54. The van der Waals surface area contributed by atoms with Crippen LogP contribution < -0.4 is 4.74 Å². The molecular weight excluding hydrogens is 454 g/mol. The highest BCUT2D eigenvalue weighted by atomic mass is 79.9. The average molecular weight is 471 g/mol. The van der Waals surface area contributed by atoms with Gasteiger partial charge in [0.2, 0.25) is 0 Å². The molecule has 7 heteroatoms. The molecule has 5 nitrogen and oxygen atoms in total. The summed E-state index contributed by atoms with van der Waals surface area (Å²) in [5.74, 6) is 0.492. The lowest BCUT2D eigenvalue weighted by atomic mass is 9.98. The van der Waals surface area contributed by atoms with Gasteiger partial charge in [-0.25, -0.2) is 9.99 Å². The molecule has 0 spiro atoms. The number of rotatable bonds is 4. The van der Waals surface area contributed by atoms with Crippen molar-refractivity contribution < 1.29 is 9.53 Å². The maximum absolute atomic E-state index is 13.3. The Bertz CT molecular complexity index is 1070. The Labute approximate surface area is 182 Å². The summed E-state index contributed by atoms with van der Waals surface area (Å²) in [5.41, 5.74) is 3.10. The number of carbonyl (C=O) groups excluding carboxylic acids is 1. The highest BCUT2D eigenvalue weighted by Gasteiger charge is 2.34. The van der Waals surface area contributed by atoms with E-state index in [9.17, 15) is 4.79 Å². The van der Waals surface area contributed by atoms with Gasteiger partial charge in [-0.05, 0) is 59.7 Å². The van der Waals surface area contributed by atoms with Crippen molar-refractivity contribution in [2.45, 2.75) is 12.5 Å². The van der Waals surface area contributed by atoms with Crippen LogP contribution in [0.3, 0.4) is 0 Å². The van der Waals surface area contributed by atoms with Crippen molar-refractivity contribution in [3.05, 3.63) is 93.2 Å². The van der Waals surface area contributed by atoms with Gasteiger partial charge in [0.25, 0.3) is 5.91 Å². The molecular formula is C22H17BrClN3O2. The van der Waals surface area contributed by atoms with Gasteiger partial charge in [-0.15, -0.1) is 0 Å². The number of hydrazone groups is 1. The van der Waals surface area contributed by atoms with Crippen LogP contribution in [0.4, 0.5) is 0 Å². The largest absolute Gasteiger partial charge is 0.497 e. The molecule has 0 aliphatic carbocycles. The monoisotopic (exact) mass is 469 g/mol. The first-order valence-corrected chi connectivity index (χ1v) is 10.2. The summed E-state index contributed by atoms with van der Waals surface area (Å²) in [6.07, 6.45) is 2.15. The molecule has 4 rings (SSSR count). The zero-order valence-corrected chi connectivity index (χ0v) is 17.9. The zero-order chi connectivity index (χ0) is 20.4. The smallest absolute Gasteiger partial charge is 0.277 e. The lowest BCUT2D eigenvalue weighted by Crippen LogP contribution is -2.27. The van der Waals surface area contributed by atoms with E-state index in [1.54, 1.807) is 25.4 Å². The van der Waals surface area contributed by atoms with Crippen molar-refractivity contribution in [2.24, 2.45) is 5.10 Å². The quantitative estimate of drug-likeness (QED) is 0.473. The van der Waals surface area contributed by atoms with Crippen LogP contribution in [-0.4, -0.2) is 28.7 Å². The predicted octanol–water partition coefficient (Wildman–Crippen LogP) is 5.50. The minimum absolute atomic E-state index is 0.167. The number of aromatic nitrogens is 1. The molecule has 0 N–H and O–H groups in total. The SMILES string of the molecule is COc1ccc(C2=NN(C(=O)c3cccnc3Cl)C(c3ccc(Br)cc3)C2)cc1. The van der Waals surface area contributed by atoms with E-state index in [1.807, 2.05) is 48.5 Å². The fourth-order valence-electron chi connectivity index (χ4n) is 3.27. The summed E-state index contributed by atoms with van der Waals surface area (Å²) < 4.78 is 6.21. The van der Waals surface area contributed by atoms with Crippen LogP contribution in [0.5, 0.6) is 5.75 Å². The first-order valence-electron chi connectivity index (χ1n) is 8.98. The number of ether oxygens (including phenoxy) is 1. The number of benzene rings is 2. The number of methoxy groups -OCH3 is 1. The number of hydrogen-bond acceptors (Lipinski definition) is 4. The Morgan fingerprint density at radius 2 is 1.86 bits per heavy atom. The highest BCUT2D eigenvalue weighted by molar-refractivity contribution is 9.10. The van der Waals surface area contributed by atoms with Gasteiger partial charge in [0.05, 0.1) is 24.4 Å². The fraction of sp³-hybridized carbons (Fsp3) is 0.136. The fourth-order valence-corrected chi connectivity index (χ4v) is 3.73. The van der Waals surface area contributed by atoms with Crippen LogP contribution in [0.15, 0.2) is 76.4 Å². The lowest BCUT2D eigenvalue weighted by molar-refractivity contribution is 0.0711. The summed E-state index contributed by atoms with van der Waals surface area (Å²) in [4.78, 5) is 17.3. The molecule has 0 radical (unpaired) electrons. The van der Waals surface area contributed by atoms with Crippen molar-refractivity contribution in [3.8, 4) is 5.75 Å². The molecule has 1 atom stereocenters. The molecule has 0 saturated heterocycles. The molecule has 0 saturated carbocycles. The third-order valence-corrected chi connectivity index (χ3v) is 5.62. The molecule has 29 heavy (non-hydrogen) atoms. The number of amides is 1. The maximum Gasteiger partial charge on any atom is 0.277 e. The number of halogens is 2. The molecule has 1 aliphatic rings. The predicted molar refractivity (Wildman–Crippen MR) is 116 cm³/mol. The van der Waals surface area contributed by atoms with E-state index >= 15 is 0 Å². The molecule has 146 valence electrons. The molecule has 1 aromatic heterocycles. The van der Waals surface area contributed by atoms with Crippen molar-refractivity contribution in [1.29, 1.82) is 0 Å². The average Bonchev–Trinajstić information content (AvgIpc) is 3.19. The van der Waals surface area contributed by atoms with Gasteiger partial charge < -0.3 is 4.74 Å². The van der Waals surface area contributed by atoms with Crippen LogP contribution in [0, 0.1) is 0 Å². The van der Waals surface area contributed by atoms with Gasteiger partial charge >= 0.3 is 0 Å². The maximum atomic E-state index is 13.3. The normalized spacial score (nSPS) is 15.9. The van der Waals surface area contributed by atoms with Gasteiger partial charge in [0.15, 0.2) is 0 Å². The Morgan fingerprint density at radius 3 is 2.52 bits per heavy atom. The van der Waals surface area contributed by atoms with Gasteiger partial charge in [-0.3, -0.25) is 4.79 Å².